The van der Waals surface area contributed by atoms with E-state index in [2.05, 4.69) is 5.32 Å². The summed E-state index contributed by atoms with van der Waals surface area (Å²) in [5.41, 5.74) is -3.45. The number of alkyl halides is 3. The zero-order chi connectivity index (χ0) is 15.5. The Morgan fingerprint density at radius 2 is 1.90 bits per heavy atom. The highest BCUT2D eigenvalue weighted by Gasteiger charge is 2.30. The lowest BCUT2D eigenvalue weighted by Gasteiger charge is -2.11. The van der Waals surface area contributed by atoms with Gasteiger partial charge in [-0.05, 0) is 42.3 Å². The fourth-order valence-electron chi connectivity index (χ4n) is 2.27. The van der Waals surface area contributed by atoms with Crippen LogP contribution in [-0.2, 0) is 16.4 Å². The molecule has 1 aliphatic heterocycles. The number of nitrogens with one attached hydrogen (secondary N) is 1. The van der Waals surface area contributed by atoms with Crippen molar-refractivity contribution in [2.24, 2.45) is 0 Å². The molecule has 1 aliphatic rings. The molecule has 21 heavy (non-hydrogen) atoms. The van der Waals surface area contributed by atoms with Crippen LogP contribution >= 0.6 is 11.8 Å². The molecule has 1 heterocycles. The quantitative estimate of drug-likeness (QED) is 0.838. The summed E-state index contributed by atoms with van der Waals surface area (Å²) in [5, 5.41) is 2.72. The standard InChI is InChI=1S/C13H16F3NO2S2/c14-13(15,16)20-11-5-3-10(4-6-11)8-17-9-12-2-1-7-21(12,18)19/h3-6,12,17H,1-2,7-9H2. The Balaban J connectivity index is 1.81. The maximum Gasteiger partial charge on any atom is 0.446 e. The number of rotatable bonds is 5. The lowest BCUT2D eigenvalue weighted by atomic mass is 10.2. The molecule has 1 aromatic carbocycles. The third kappa shape index (κ3) is 5.19. The highest BCUT2D eigenvalue weighted by molar-refractivity contribution is 8.00. The van der Waals surface area contributed by atoms with Crippen molar-refractivity contribution >= 4 is 21.6 Å². The Morgan fingerprint density at radius 1 is 1.24 bits per heavy atom. The fraction of sp³-hybridized carbons (Fsp3) is 0.538. The first kappa shape index (κ1) is 16.6. The van der Waals surface area contributed by atoms with Gasteiger partial charge in [0.1, 0.15) is 0 Å². The summed E-state index contributed by atoms with van der Waals surface area (Å²) >= 11 is -0.146. The molecule has 0 aromatic heterocycles. The predicted octanol–water partition coefficient (Wildman–Crippen LogP) is 2.97. The molecule has 0 amide bonds. The van der Waals surface area contributed by atoms with Gasteiger partial charge in [0.2, 0.25) is 0 Å². The molecule has 0 aliphatic carbocycles. The summed E-state index contributed by atoms with van der Waals surface area (Å²) < 4.78 is 59.8. The average molecular weight is 339 g/mol. The van der Waals surface area contributed by atoms with Crippen LogP contribution in [0.4, 0.5) is 13.2 Å². The first-order chi connectivity index (χ1) is 9.76. The molecule has 0 saturated carbocycles. The van der Waals surface area contributed by atoms with Gasteiger partial charge in [0.15, 0.2) is 9.84 Å². The normalized spacial score (nSPS) is 21.6. The number of hydrogen-bond acceptors (Lipinski definition) is 4. The van der Waals surface area contributed by atoms with Gasteiger partial charge in [-0.1, -0.05) is 12.1 Å². The Hall–Kier alpha value is -0.730. The minimum Gasteiger partial charge on any atom is -0.311 e. The molecule has 118 valence electrons. The maximum absolute atomic E-state index is 12.2. The smallest absolute Gasteiger partial charge is 0.311 e. The molecular weight excluding hydrogens is 323 g/mol. The summed E-state index contributed by atoms with van der Waals surface area (Å²) in [5.74, 6) is 0.253. The summed E-state index contributed by atoms with van der Waals surface area (Å²) in [6.45, 7) is 0.838. The Bertz CT molecular complexity index is 570. The fourth-order valence-corrected chi connectivity index (χ4v) is 4.61. The second-order valence-corrected chi connectivity index (χ2v) is 8.49. The van der Waals surface area contributed by atoms with Crippen LogP contribution in [0.15, 0.2) is 29.2 Å². The van der Waals surface area contributed by atoms with Gasteiger partial charge in [0.25, 0.3) is 0 Å². The Kier molecular flexibility index (Phi) is 5.21. The summed E-state index contributed by atoms with van der Waals surface area (Å²) in [4.78, 5) is 0.143. The van der Waals surface area contributed by atoms with Crippen LogP contribution in [0.25, 0.3) is 0 Å². The number of thioether (sulfide) groups is 1. The van der Waals surface area contributed by atoms with E-state index in [0.29, 0.717) is 25.9 Å². The number of halogens is 3. The predicted molar refractivity (Wildman–Crippen MR) is 76.9 cm³/mol. The van der Waals surface area contributed by atoms with Crippen LogP contribution < -0.4 is 5.32 Å². The van der Waals surface area contributed by atoms with E-state index in [1.807, 2.05) is 0 Å². The van der Waals surface area contributed by atoms with Crippen molar-refractivity contribution in [2.45, 2.75) is 35.0 Å². The highest BCUT2D eigenvalue weighted by atomic mass is 32.2. The van der Waals surface area contributed by atoms with E-state index in [1.165, 1.54) is 12.1 Å². The van der Waals surface area contributed by atoms with Gasteiger partial charge in [0.05, 0.1) is 11.0 Å². The molecule has 1 aromatic rings. The minimum absolute atomic E-state index is 0.143. The van der Waals surface area contributed by atoms with Crippen molar-refractivity contribution in [2.75, 3.05) is 12.3 Å². The van der Waals surface area contributed by atoms with E-state index in [1.54, 1.807) is 12.1 Å². The summed E-state index contributed by atoms with van der Waals surface area (Å²) in [7, 11) is -2.96. The van der Waals surface area contributed by atoms with Crippen LogP contribution in [0.5, 0.6) is 0 Å². The molecule has 0 spiro atoms. The number of benzene rings is 1. The molecule has 1 fully saturated rings. The lowest BCUT2D eigenvalue weighted by Crippen LogP contribution is -2.30. The van der Waals surface area contributed by atoms with E-state index in [9.17, 15) is 21.6 Å². The molecule has 3 nitrogen and oxygen atoms in total. The Morgan fingerprint density at radius 3 is 2.43 bits per heavy atom. The van der Waals surface area contributed by atoms with Gasteiger partial charge in [-0.25, -0.2) is 8.42 Å². The first-order valence-electron chi connectivity index (χ1n) is 6.53. The van der Waals surface area contributed by atoms with E-state index in [0.717, 1.165) is 5.56 Å². The van der Waals surface area contributed by atoms with E-state index < -0.39 is 15.3 Å². The van der Waals surface area contributed by atoms with E-state index in [-0.39, 0.29) is 27.7 Å². The van der Waals surface area contributed by atoms with Crippen LogP contribution in [0.3, 0.4) is 0 Å². The molecule has 2 rings (SSSR count). The maximum atomic E-state index is 12.2. The van der Waals surface area contributed by atoms with Gasteiger partial charge in [-0.2, -0.15) is 13.2 Å². The number of sulfone groups is 1. The summed E-state index contributed by atoms with van der Waals surface area (Å²) in [6, 6.07) is 6.07. The topological polar surface area (TPSA) is 46.2 Å². The van der Waals surface area contributed by atoms with Crippen molar-refractivity contribution in [3.8, 4) is 0 Å². The molecule has 1 saturated heterocycles. The van der Waals surface area contributed by atoms with Gasteiger partial charge in [-0.3, -0.25) is 0 Å². The third-order valence-corrected chi connectivity index (χ3v) is 6.34. The van der Waals surface area contributed by atoms with Gasteiger partial charge < -0.3 is 5.32 Å². The molecule has 1 atom stereocenters. The van der Waals surface area contributed by atoms with Gasteiger partial charge >= 0.3 is 5.51 Å². The monoisotopic (exact) mass is 339 g/mol. The molecular formula is C13H16F3NO2S2. The minimum atomic E-state index is -4.28. The van der Waals surface area contributed by atoms with Crippen LogP contribution in [0.1, 0.15) is 18.4 Å². The summed E-state index contributed by atoms with van der Waals surface area (Å²) in [6.07, 6.45) is 1.38. The molecule has 8 heteroatoms. The largest absolute Gasteiger partial charge is 0.446 e. The van der Waals surface area contributed by atoms with Crippen LogP contribution in [0, 0.1) is 0 Å². The van der Waals surface area contributed by atoms with Crippen molar-refractivity contribution < 1.29 is 21.6 Å². The van der Waals surface area contributed by atoms with Crippen molar-refractivity contribution in [1.29, 1.82) is 0 Å². The first-order valence-corrected chi connectivity index (χ1v) is 9.06. The van der Waals surface area contributed by atoms with E-state index >= 15 is 0 Å². The average Bonchev–Trinajstić information content (AvgIpc) is 2.69. The van der Waals surface area contributed by atoms with Crippen molar-refractivity contribution in [3.63, 3.8) is 0 Å². The van der Waals surface area contributed by atoms with Crippen molar-refractivity contribution in [1.82, 2.24) is 5.32 Å². The second kappa shape index (κ2) is 6.58. The molecule has 0 bridgehead atoms. The molecule has 1 N–H and O–H groups in total. The van der Waals surface area contributed by atoms with Gasteiger partial charge in [0, 0.05) is 18.0 Å². The number of hydrogen-bond donors (Lipinski definition) is 1. The second-order valence-electron chi connectivity index (χ2n) is 4.95. The van der Waals surface area contributed by atoms with Crippen molar-refractivity contribution in [3.05, 3.63) is 29.8 Å². The van der Waals surface area contributed by atoms with E-state index in [4.69, 9.17) is 0 Å². The van der Waals surface area contributed by atoms with Crippen LogP contribution in [-0.4, -0.2) is 31.5 Å². The van der Waals surface area contributed by atoms with Gasteiger partial charge in [-0.15, -0.1) is 0 Å². The molecule has 1 unspecified atom stereocenters. The lowest BCUT2D eigenvalue weighted by molar-refractivity contribution is -0.0328. The zero-order valence-electron chi connectivity index (χ0n) is 11.2. The highest BCUT2D eigenvalue weighted by Crippen LogP contribution is 2.36. The SMILES string of the molecule is O=S1(=O)CCCC1CNCc1ccc(SC(F)(F)F)cc1. The molecule has 0 radical (unpaired) electrons. The van der Waals surface area contributed by atoms with Crippen LogP contribution in [0.2, 0.25) is 0 Å². The Labute approximate surface area is 126 Å². The third-order valence-electron chi connectivity index (χ3n) is 3.32. The zero-order valence-corrected chi connectivity index (χ0v) is 12.8.